The second kappa shape index (κ2) is 4.90. The summed E-state index contributed by atoms with van der Waals surface area (Å²) in [6.45, 7) is 0. The highest BCUT2D eigenvalue weighted by atomic mass is 16.5. The van der Waals surface area contributed by atoms with Crippen LogP contribution in [0.5, 0.6) is 0 Å². The highest BCUT2D eigenvalue weighted by molar-refractivity contribution is 6.36. The van der Waals surface area contributed by atoms with Crippen molar-refractivity contribution in [1.29, 1.82) is 0 Å². The summed E-state index contributed by atoms with van der Waals surface area (Å²) in [5.74, 6) is -2.81. The lowest BCUT2D eigenvalue weighted by Crippen LogP contribution is -2.36. The number of benzene rings is 1. The summed E-state index contributed by atoms with van der Waals surface area (Å²) < 4.78 is 4.15. The Hall–Kier alpha value is -2.17. The smallest absolute Gasteiger partial charge is 0.396 e. The predicted octanol–water partition coefficient (Wildman–Crippen LogP) is 0.116. The molecule has 0 heterocycles. The zero-order valence-electron chi connectivity index (χ0n) is 8.02. The zero-order valence-corrected chi connectivity index (χ0v) is 8.02. The van der Waals surface area contributed by atoms with Gasteiger partial charge < -0.3 is 4.74 Å². The van der Waals surface area contributed by atoms with Crippen molar-refractivity contribution in [3.8, 4) is 0 Å². The third-order valence-corrected chi connectivity index (χ3v) is 1.63. The largest absolute Gasteiger partial charge is 0.462 e. The van der Waals surface area contributed by atoms with Crippen LogP contribution in [0.15, 0.2) is 30.3 Å². The molecule has 2 amide bonds. The first kappa shape index (κ1) is 10.9. The molecule has 0 aromatic heterocycles. The van der Waals surface area contributed by atoms with Crippen LogP contribution in [0.2, 0.25) is 0 Å². The van der Waals surface area contributed by atoms with Crippen molar-refractivity contribution in [1.82, 2.24) is 5.32 Å². The lowest BCUT2D eigenvalue weighted by atomic mass is 10.2. The molecule has 1 rings (SSSR count). The Morgan fingerprint density at radius 1 is 1.13 bits per heavy atom. The number of nitrogens with one attached hydrogen (secondary N) is 1. The number of esters is 1. The number of rotatable bonds is 1. The number of hydrogen-bond donors (Lipinski definition) is 1. The van der Waals surface area contributed by atoms with Crippen LogP contribution in [-0.2, 0) is 14.3 Å². The third kappa shape index (κ3) is 2.91. The molecule has 15 heavy (non-hydrogen) atoms. The summed E-state index contributed by atoms with van der Waals surface area (Å²) >= 11 is 0. The fraction of sp³-hybridized carbons (Fsp3) is 0.100. The molecular formula is C10H9NO4. The van der Waals surface area contributed by atoms with Crippen molar-refractivity contribution < 1.29 is 19.1 Å². The Morgan fingerprint density at radius 2 is 1.73 bits per heavy atom. The number of methoxy groups -OCH3 is 1. The second-order valence-electron chi connectivity index (χ2n) is 2.64. The standard InChI is InChI=1S/C10H9NO4/c1-15-10(14)9(13)11-8(12)7-5-3-2-4-6-7/h2-6H,1H3,(H,11,12,13). The minimum Gasteiger partial charge on any atom is -0.462 e. The van der Waals surface area contributed by atoms with E-state index in [0.29, 0.717) is 5.56 Å². The number of imide groups is 1. The Kier molecular flexibility index (Phi) is 3.56. The molecule has 0 aliphatic carbocycles. The van der Waals surface area contributed by atoms with Gasteiger partial charge in [0, 0.05) is 5.56 Å². The molecule has 0 atom stereocenters. The van der Waals surface area contributed by atoms with Crippen LogP contribution < -0.4 is 5.32 Å². The van der Waals surface area contributed by atoms with Crippen LogP contribution in [0.4, 0.5) is 0 Å². The quantitative estimate of drug-likeness (QED) is 0.524. The van der Waals surface area contributed by atoms with Crippen LogP contribution in [0, 0.1) is 0 Å². The average Bonchev–Trinajstić information content (AvgIpc) is 2.29. The van der Waals surface area contributed by atoms with E-state index in [9.17, 15) is 14.4 Å². The number of carbonyl (C=O) groups excluding carboxylic acids is 3. The first-order valence-electron chi connectivity index (χ1n) is 4.14. The molecule has 0 saturated carbocycles. The highest BCUT2D eigenvalue weighted by Gasteiger charge is 2.17. The average molecular weight is 207 g/mol. The molecular weight excluding hydrogens is 198 g/mol. The first-order valence-corrected chi connectivity index (χ1v) is 4.14. The first-order chi connectivity index (χ1) is 7.15. The van der Waals surface area contributed by atoms with Crippen LogP contribution in [0.1, 0.15) is 10.4 Å². The van der Waals surface area contributed by atoms with Gasteiger partial charge in [0.2, 0.25) is 0 Å². The third-order valence-electron chi connectivity index (χ3n) is 1.63. The van der Waals surface area contributed by atoms with Crippen molar-refractivity contribution >= 4 is 17.8 Å². The number of hydrogen-bond acceptors (Lipinski definition) is 4. The molecule has 5 nitrogen and oxygen atoms in total. The van der Waals surface area contributed by atoms with Gasteiger partial charge in [-0.05, 0) is 12.1 Å². The Bertz CT molecular complexity index is 386. The van der Waals surface area contributed by atoms with Crippen molar-refractivity contribution in [2.24, 2.45) is 0 Å². The maximum atomic E-state index is 11.3. The zero-order chi connectivity index (χ0) is 11.3. The van der Waals surface area contributed by atoms with E-state index in [1.165, 1.54) is 12.1 Å². The van der Waals surface area contributed by atoms with Crippen LogP contribution in [0.25, 0.3) is 0 Å². The number of amides is 2. The molecule has 0 saturated heterocycles. The molecule has 1 aromatic rings. The Labute approximate surface area is 86.0 Å². The van der Waals surface area contributed by atoms with Crippen molar-refractivity contribution in [3.63, 3.8) is 0 Å². The maximum absolute atomic E-state index is 11.3. The summed E-state index contributed by atoms with van der Waals surface area (Å²) in [6, 6.07) is 8.09. The topological polar surface area (TPSA) is 72.5 Å². The molecule has 1 N–H and O–H groups in total. The molecule has 78 valence electrons. The second-order valence-corrected chi connectivity index (χ2v) is 2.64. The molecule has 5 heteroatoms. The van der Waals surface area contributed by atoms with Crippen molar-refractivity contribution in [2.45, 2.75) is 0 Å². The summed E-state index contributed by atoms with van der Waals surface area (Å²) in [5.41, 5.74) is 0.301. The minimum atomic E-state index is -1.10. The van der Waals surface area contributed by atoms with Gasteiger partial charge in [0.15, 0.2) is 0 Å². The summed E-state index contributed by atoms with van der Waals surface area (Å²) in [5, 5.41) is 1.89. The van der Waals surface area contributed by atoms with Gasteiger partial charge >= 0.3 is 11.9 Å². The van der Waals surface area contributed by atoms with E-state index >= 15 is 0 Å². The summed E-state index contributed by atoms with van der Waals surface area (Å²) in [4.78, 5) is 33.0. The van der Waals surface area contributed by atoms with E-state index < -0.39 is 17.8 Å². The molecule has 0 spiro atoms. The van der Waals surface area contributed by atoms with Gasteiger partial charge in [0.25, 0.3) is 5.91 Å². The van der Waals surface area contributed by atoms with Crippen LogP contribution >= 0.6 is 0 Å². The number of carbonyl (C=O) groups is 3. The summed E-state index contributed by atoms with van der Waals surface area (Å²) in [7, 11) is 1.06. The van der Waals surface area contributed by atoms with E-state index in [-0.39, 0.29) is 0 Å². The van der Waals surface area contributed by atoms with Crippen molar-refractivity contribution in [2.75, 3.05) is 7.11 Å². The maximum Gasteiger partial charge on any atom is 0.396 e. The van der Waals surface area contributed by atoms with Gasteiger partial charge in [-0.3, -0.25) is 14.9 Å². The summed E-state index contributed by atoms with van der Waals surface area (Å²) in [6.07, 6.45) is 0. The SMILES string of the molecule is COC(=O)C(=O)NC(=O)c1ccccc1. The fourth-order valence-electron chi connectivity index (χ4n) is 0.909. The fourth-order valence-corrected chi connectivity index (χ4v) is 0.909. The van der Waals surface area contributed by atoms with Gasteiger partial charge in [-0.15, -0.1) is 0 Å². The van der Waals surface area contributed by atoms with E-state index in [0.717, 1.165) is 7.11 Å². The molecule has 0 radical (unpaired) electrons. The van der Waals surface area contributed by atoms with E-state index in [1.807, 2.05) is 5.32 Å². The van der Waals surface area contributed by atoms with Gasteiger partial charge in [0.05, 0.1) is 7.11 Å². The molecule has 1 aromatic carbocycles. The van der Waals surface area contributed by atoms with Gasteiger partial charge in [0.1, 0.15) is 0 Å². The Balaban J connectivity index is 2.65. The predicted molar refractivity (Wildman–Crippen MR) is 50.9 cm³/mol. The van der Waals surface area contributed by atoms with E-state index in [2.05, 4.69) is 4.74 Å². The van der Waals surface area contributed by atoms with Crippen LogP contribution in [-0.4, -0.2) is 24.9 Å². The number of ether oxygens (including phenoxy) is 1. The lowest BCUT2D eigenvalue weighted by Gasteiger charge is -2.01. The monoisotopic (exact) mass is 207 g/mol. The molecule has 0 unspecified atom stereocenters. The van der Waals surface area contributed by atoms with Gasteiger partial charge in [-0.2, -0.15) is 0 Å². The normalized spacial score (nSPS) is 9.13. The minimum absolute atomic E-state index is 0.301. The molecule has 0 aliphatic heterocycles. The molecule has 0 aliphatic rings. The molecule has 0 bridgehead atoms. The van der Waals surface area contributed by atoms with Crippen LogP contribution in [0.3, 0.4) is 0 Å². The highest BCUT2D eigenvalue weighted by Crippen LogP contribution is 1.97. The van der Waals surface area contributed by atoms with E-state index in [1.54, 1.807) is 18.2 Å². The Morgan fingerprint density at radius 3 is 2.27 bits per heavy atom. The van der Waals surface area contributed by atoms with Crippen molar-refractivity contribution in [3.05, 3.63) is 35.9 Å². The molecule has 0 fully saturated rings. The van der Waals surface area contributed by atoms with Gasteiger partial charge in [-0.25, -0.2) is 4.79 Å². The van der Waals surface area contributed by atoms with Gasteiger partial charge in [-0.1, -0.05) is 18.2 Å². The van der Waals surface area contributed by atoms with E-state index in [4.69, 9.17) is 0 Å². The lowest BCUT2D eigenvalue weighted by molar-refractivity contribution is -0.152.